The first-order chi connectivity index (χ1) is 12.7. The quantitative estimate of drug-likeness (QED) is 0.848. The van der Waals surface area contributed by atoms with Crippen LogP contribution in [0.25, 0.3) is 0 Å². The molecule has 1 aromatic carbocycles. The van der Waals surface area contributed by atoms with Crippen LogP contribution in [-0.4, -0.2) is 47.7 Å². The number of rotatable bonds is 4. The third kappa shape index (κ3) is 3.17. The summed E-state index contributed by atoms with van der Waals surface area (Å²) in [5.41, 5.74) is 7.40. The lowest BCUT2D eigenvalue weighted by Gasteiger charge is -2.24. The van der Waals surface area contributed by atoms with Gasteiger partial charge in [0.2, 0.25) is 11.8 Å². The summed E-state index contributed by atoms with van der Waals surface area (Å²) < 4.78 is 10.6. The molecule has 2 N–H and O–H groups in total. The number of nitrogens with zero attached hydrogens (tertiary/aromatic N) is 3. The lowest BCUT2D eigenvalue weighted by Crippen LogP contribution is -2.37. The van der Waals surface area contributed by atoms with E-state index in [4.69, 9.17) is 9.26 Å². The minimum Gasteiger partial charge on any atom is -0.497 e. The molecule has 1 amide bonds. The lowest BCUT2D eigenvalue weighted by atomic mass is 9.93. The average Bonchev–Trinajstić information content (AvgIpc) is 3.41. The van der Waals surface area contributed by atoms with E-state index in [1.165, 1.54) is 0 Å². The van der Waals surface area contributed by atoms with Gasteiger partial charge in [0, 0.05) is 19.6 Å². The second-order valence-electron chi connectivity index (χ2n) is 6.84. The average molecular weight is 357 g/mol. The van der Waals surface area contributed by atoms with Gasteiger partial charge in [-0.3, -0.25) is 10.2 Å². The van der Waals surface area contributed by atoms with Crippen LogP contribution in [0.5, 0.6) is 5.75 Å². The van der Waals surface area contributed by atoms with Gasteiger partial charge in [-0.1, -0.05) is 17.3 Å². The molecule has 2 fully saturated rings. The van der Waals surface area contributed by atoms with Crippen LogP contribution in [0.3, 0.4) is 0 Å². The Morgan fingerprint density at radius 3 is 3.08 bits per heavy atom. The highest BCUT2D eigenvalue weighted by Gasteiger charge is 2.40. The molecule has 0 radical (unpaired) electrons. The fraction of sp³-hybridized carbons (Fsp3) is 0.500. The Labute approximate surface area is 151 Å². The Balaban J connectivity index is 1.47. The van der Waals surface area contributed by atoms with Crippen molar-refractivity contribution in [3.8, 4) is 5.75 Å². The predicted molar refractivity (Wildman–Crippen MR) is 93.3 cm³/mol. The number of carbonyl (C=O) groups is 1. The zero-order valence-electron chi connectivity index (χ0n) is 14.9. The maximum atomic E-state index is 13.1. The minimum absolute atomic E-state index is 0.0812. The summed E-state index contributed by atoms with van der Waals surface area (Å²) >= 11 is 0. The van der Waals surface area contributed by atoms with Crippen LogP contribution in [0.4, 0.5) is 0 Å². The highest BCUT2D eigenvalue weighted by Crippen LogP contribution is 2.32. The number of ether oxygens (including phenoxy) is 1. The van der Waals surface area contributed by atoms with Gasteiger partial charge in [-0.2, -0.15) is 4.98 Å². The van der Waals surface area contributed by atoms with E-state index in [9.17, 15) is 4.79 Å². The standard InChI is InChI=1S/C18H23N5O3/c1-11-20-17(26-22-11)13-6-7-23(10-13)18(24)15-9-19-21-16(15)12-4-3-5-14(8-12)25-2/h3-5,8,13,15-16,19,21H,6-7,9-10H2,1-2H3. The highest BCUT2D eigenvalue weighted by molar-refractivity contribution is 5.81. The lowest BCUT2D eigenvalue weighted by molar-refractivity contribution is -0.134. The third-order valence-corrected chi connectivity index (χ3v) is 5.14. The first kappa shape index (κ1) is 17.0. The number of aryl methyl sites for hydroxylation is 1. The van der Waals surface area contributed by atoms with Crippen molar-refractivity contribution in [2.24, 2.45) is 5.92 Å². The van der Waals surface area contributed by atoms with E-state index >= 15 is 0 Å². The van der Waals surface area contributed by atoms with Crippen LogP contribution in [0.15, 0.2) is 28.8 Å². The summed E-state index contributed by atoms with van der Waals surface area (Å²) in [6.07, 6.45) is 0.852. The number of methoxy groups -OCH3 is 1. The Kier molecular flexibility index (Phi) is 4.60. The van der Waals surface area contributed by atoms with Crippen LogP contribution < -0.4 is 15.6 Å². The number of hydrogen-bond donors (Lipinski definition) is 2. The topological polar surface area (TPSA) is 92.5 Å². The van der Waals surface area contributed by atoms with Gasteiger partial charge in [0.25, 0.3) is 0 Å². The molecule has 0 saturated carbocycles. The third-order valence-electron chi connectivity index (χ3n) is 5.14. The largest absolute Gasteiger partial charge is 0.497 e. The molecule has 138 valence electrons. The number of amides is 1. The SMILES string of the molecule is COc1cccc(C2NNCC2C(=O)N2CCC(c3nc(C)no3)C2)c1. The zero-order chi connectivity index (χ0) is 18.1. The molecule has 0 spiro atoms. The summed E-state index contributed by atoms with van der Waals surface area (Å²) in [6, 6.07) is 7.75. The van der Waals surface area contributed by atoms with E-state index in [-0.39, 0.29) is 23.8 Å². The van der Waals surface area contributed by atoms with Crippen LogP contribution in [0.1, 0.15) is 35.7 Å². The van der Waals surface area contributed by atoms with Crippen molar-refractivity contribution < 1.29 is 14.1 Å². The summed E-state index contributed by atoms with van der Waals surface area (Å²) in [7, 11) is 1.64. The van der Waals surface area contributed by atoms with E-state index in [2.05, 4.69) is 21.0 Å². The van der Waals surface area contributed by atoms with E-state index in [0.29, 0.717) is 31.3 Å². The van der Waals surface area contributed by atoms with Gasteiger partial charge >= 0.3 is 0 Å². The molecule has 2 saturated heterocycles. The first-order valence-electron chi connectivity index (χ1n) is 8.87. The Morgan fingerprint density at radius 1 is 1.42 bits per heavy atom. The maximum absolute atomic E-state index is 13.1. The molecule has 0 bridgehead atoms. The number of likely N-dealkylation sites (tertiary alicyclic amines) is 1. The number of benzene rings is 1. The smallest absolute Gasteiger partial charge is 0.231 e. The van der Waals surface area contributed by atoms with Crippen LogP contribution in [-0.2, 0) is 4.79 Å². The molecule has 1 aromatic heterocycles. The number of nitrogens with one attached hydrogen (secondary N) is 2. The fourth-order valence-corrected chi connectivity index (χ4v) is 3.75. The van der Waals surface area contributed by atoms with Crippen molar-refractivity contribution in [3.63, 3.8) is 0 Å². The number of carbonyl (C=O) groups excluding carboxylic acids is 1. The molecule has 8 nitrogen and oxygen atoms in total. The van der Waals surface area contributed by atoms with Gasteiger partial charge < -0.3 is 14.2 Å². The van der Waals surface area contributed by atoms with Crippen molar-refractivity contribution in [2.45, 2.75) is 25.3 Å². The second kappa shape index (κ2) is 7.05. The first-order valence-corrected chi connectivity index (χ1v) is 8.87. The number of aromatic nitrogens is 2. The van der Waals surface area contributed by atoms with Crippen LogP contribution in [0.2, 0.25) is 0 Å². The van der Waals surface area contributed by atoms with Crippen molar-refractivity contribution >= 4 is 5.91 Å². The van der Waals surface area contributed by atoms with Gasteiger partial charge in [0.05, 0.1) is 25.0 Å². The predicted octanol–water partition coefficient (Wildman–Crippen LogP) is 1.17. The molecule has 0 aliphatic carbocycles. The zero-order valence-corrected chi connectivity index (χ0v) is 14.9. The number of hydrazine groups is 1. The number of hydrogen-bond acceptors (Lipinski definition) is 7. The van der Waals surface area contributed by atoms with Gasteiger partial charge in [-0.25, -0.2) is 5.43 Å². The molecule has 26 heavy (non-hydrogen) atoms. The normalized spacial score (nSPS) is 25.6. The van der Waals surface area contributed by atoms with E-state index in [0.717, 1.165) is 17.7 Å². The molecule has 3 atom stereocenters. The van der Waals surface area contributed by atoms with Gasteiger partial charge in [-0.15, -0.1) is 0 Å². The Morgan fingerprint density at radius 2 is 2.31 bits per heavy atom. The monoisotopic (exact) mass is 357 g/mol. The Bertz CT molecular complexity index is 793. The summed E-state index contributed by atoms with van der Waals surface area (Å²) in [6.45, 7) is 3.75. The van der Waals surface area contributed by atoms with Crippen molar-refractivity contribution in [1.82, 2.24) is 25.9 Å². The highest BCUT2D eigenvalue weighted by atomic mass is 16.5. The summed E-state index contributed by atoms with van der Waals surface area (Å²) in [4.78, 5) is 19.3. The second-order valence-corrected chi connectivity index (χ2v) is 6.84. The van der Waals surface area contributed by atoms with E-state index < -0.39 is 0 Å². The molecule has 4 rings (SSSR count). The molecular formula is C18H23N5O3. The van der Waals surface area contributed by atoms with Crippen LogP contribution >= 0.6 is 0 Å². The molecule has 3 unspecified atom stereocenters. The minimum atomic E-state index is -0.162. The fourth-order valence-electron chi connectivity index (χ4n) is 3.75. The van der Waals surface area contributed by atoms with Gasteiger partial charge in [-0.05, 0) is 31.0 Å². The van der Waals surface area contributed by atoms with Gasteiger partial charge in [0.1, 0.15) is 5.75 Å². The Hall–Kier alpha value is -2.45. The molecular weight excluding hydrogens is 334 g/mol. The van der Waals surface area contributed by atoms with Crippen LogP contribution in [0, 0.1) is 12.8 Å². The summed E-state index contributed by atoms with van der Waals surface area (Å²) in [5.74, 6) is 2.16. The molecule has 3 heterocycles. The van der Waals surface area contributed by atoms with Crippen molar-refractivity contribution in [2.75, 3.05) is 26.7 Å². The maximum Gasteiger partial charge on any atom is 0.231 e. The summed E-state index contributed by atoms with van der Waals surface area (Å²) in [5, 5.41) is 3.86. The van der Waals surface area contributed by atoms with E-state index in [1.54, 1.807) is 14.0 Å². The van der Waals surface area contributed by atoms with Crippen molar-refractivity contribution in [3.05, 3.63) is 41.5 Å². The van der Waals surface area contributed by atoms with E-state index in [1.807, 2.05) is 29.2 Å². The van der Waals surface area contributed by atoms with Gasteiger partial charge in [0.15, 0.2) is 5.82 Å². The molecule has 2 aromatic rings. The molecule has 2 aliphatic heterocycles. The van der Waals surface area contributed by atoms with Crippen molar-refractivity contribution in [1.29, 1.82) is 0 Å². The molecule has 2 aliphatic rings. The molecule has 8 heteroatoms.